The van der Waals surface area contributed by atoms with E-state index in [4.69, 9.17) is 48.2 Å². The summed E-state index contributed by atoms with van der Waals surface area (Å²) in [6, 6.07) is 22.8. The lowest BCUT2D eigenvalue weighted by atomic mass is 9.91. The van der Waals surface area contributed by atoms with Gasteiger partial charge in [0.05, 0.1) is 65.0 Å². The van der Waals surface area contributed by atoms with Crippen LogP contribution < -0.4 is 19.5 Å². The number of ether oxygens (including phenoxy) is 3. The third-order valence-corrected chi connectivity index (χ3v) is 20.6. The van der Waals surface area contributed by atoms with Gasteiger partial charge in [-0.05, 0) is 293 Å². The fraction of sp³-hybridized carbons (Fsp3) is 0.530. The van der Waals surface area contributed by atoms with E-state index in [2.05, 4.69) is 134 Å². The monoisotopic (exact) mass is 1520 g/mol. The number of aryl methyl sites for hydroxylation is 3. The summed E-state index contributed by atoms with van der Waals surface area (Å²) < 4.78 is 62.7. The zero-order valence-corrected chi connectivity index (χ0v) is 64.4. The van der Waals surface area contributed by atoms with Crippen molar-refractivity contribution < 1.29 is 76.2 Å². The molecule has 5 N–H and O–H groups in total. The predicted molar refractivity (Wildman–Crippen MR) is 413 cm³/mol. The van der Waals surface area contributed by atoms with E-state index in [-0.39, 0.29) is 0 Å². The van der Waals surface area contributed by atoms with Gasteiger partial charge in [-0.25, -0.2) is 29.1 Å². The summed E-state index contributed by atoms with van der Waals surface area (Å²) in [5, 5.41) is 51.5. The quantitative estimate of drug-likeness (QED) is 0.0193. The minimum Gasteiger partial charge on any atom is -0.493 e. The number of pyridine rings is 2. The smallest absolute Gasteiger partial charge is 0.328 e. The molecule has 25 nitrogen and oxygen atoms in total. The van der Waals surface area contributed by atoms with E-state index in [1.54, 1.807) is 12.1 Å². The topological polar surface area (TPSA) is 309 Å². The van der Waals surface area contributed by atoms with Gasteiger partial charge in [-0.2, -0.15) is 8.78 Å². The van der Waals surface area contributed by atoms with Crippen LogP contribution in [0.3, 0.4) is 0 Å². The van der Waals surface area contributed by atoms with Crippen molar-refractivity contribution in [3.63, 3.8) is 0 Å². The molecule has 8 aromatic rings. The van der Waals surface area contributed by atoms with Crippen LogP contribution in [0.1, 0.15) is 141 Å². The van der Waals surface area contributed by atoms with Crippen LogP contribution in [0, 0.1) is 47.4 Å². The minimum atomic E-state index is -1.26. The summed E-state index contributed by atoms with van der Waals surface area (Å²) in [6.45, 7) is 12.6. The third kappa shape index (κ3) is 27.3. The fourth-order valence-corrected chi connectivity index (χ4v) is 14.0. The number of fused-ring (bicyclic) bond motifs is 3. The van der Waals surface area contributed by atoms with E-state index in [1.165, 1.54) is 69.9 Å². The molecule has 6 fully saturated rings. The Hall–Kier alpha value is -9.25. The maximum Gasteiger partial charge on any atom is 0.328 e. The molecule has 8 heterocycles. The molecule has 0 atom stereocenters. The number of rotatable bonds is 32. The molecular formula is C83H109F2N11O14. The first-order chi connectivity index (χ1) is 53.0. The Morgan fingerprint density at radius 2 is 0.736 bits per heavy atom. The van der Waals surface area contributed by atoms with Crippen LogP contribution in [-0.2, 0) is 71.2 Å². The SMILES string of the molecule is CN(C)Cc1c(OCC2CC2)ccc2c(CCC3CCN(Cc4cccc(F)n4)CC3)noc12.CN(C)Cc1c(OCC2CC2)ccc2c(CCC3CCN(Cc4cccc(F)n4)CC3)noc12.CN(C)Cc1c(OCC2CC2)ccc2c(CCC3CCNCC3)noc12.O=C(O)/C=C/C(=O)O.O=C(O)/C=C/C(=O)O. The zero-order valence-electron chi connectivity index (χ0n) is 64.4. The van der Waals surface area contributed by atoms with Crippen LogP contribution in [0.25, 0.3) is 32.9 Å². The highest BCUT2D eigenvalue weighted by Gasteiger charge is 2.29. The first-order valence-electron chi connectivity index (χ1n) is 38.7. The first kappa shape index (κ1) is 83.2. The molecule has 27 heteroatoms. The number of carboxylic acid groups (broad SMARTS) is 4. The molecule has 110 heavy (non-hydrogen) atoms. The summed E-state index contributed by atoms with van der Waals surface area (Å²) >= 11 is 0. The van der Waals surface area contributed by atoms with Crippen molar-refractivity contribution in [2.24, 2.45) is 35.5 Å². The van der Waals surface area contributed by atoms with Gasteiger partial charge in [-0.3, -0.25) is 9.80 Å². The van der Waals surface area contributed by atoms with Gasteiger partial charge in [0, 0.05) is 73.2 Å². The lowest BCUT2D eigenvalue weighted by molar-refractivity contribution is -0.134. The largest absolute Gasteiger partial charge is 0.493 e. The Labute approximate surface area is 641 Å². The van der Waals surface area contributed by atoms with Gasteiger partial charge in [0.1, 0.15) is 17.2 Å². The number of hydrogen-bond donors (Lipinski definition) is 5. The Morgan fingerprint density at radius 1 is 0.436 bits per heavy atom. The molecule has 594 valence electrons. The molecule has 5 aromatic heterocycles. The van der Waals surface area contributed by atoms with Crippen molar-refractivity contribution in [2.75, 3.05) is 101 Å². The molecule has 0 bridgehead atoms. The lowest BCUT2D eigenvalue weighted by Gasteiger charge is -2.31. The number of aliphatic carboxylic acids is 4. The van der Waals surface area contributed by atoms with E-state index in [9.17, 15) is 28.0 Å². The molecule has 0 radical (unpaired) electrons. The van der Waals surface area contributed by atoms with Crippen LogP contribution in [0.15, 0.2) is 111 Å². The number of carbonyl (C=O) groups is 4. The maximum absolute atomic E-state index is 13.4. The number of nitrogens with one attached hydrogen (secondary N) is 1. The molecule has 3 saturated heterocycles. The molecule has 0 amide bonds. The Morgan fingerprint density at radius 3 is 1.01 bits per heavy atom. The van der Waals surface area contributed by atoms with Crippen molar-refractivity contribution in [2.45, 2.75) is 148 Å². The van der Waals surface area contributed by atoms with E-state index in [0.717, 1.165) is 257 Å². The summed E-state index contributed by atoms with van der Waals surface area (Å²) in [7, 11) is 12.4. The number of halogens is 2. The zero-order chi connectivity index (χ0) is 78.1. The van der Waals surface area contributed by atoms with Crippen LogP contribution >= 0.6 is 0 Å². The van der Waals surface area contributed by atoms with Gasteiger partial charge in [0.2, 0.25) is 11.9 Å². The summed E-state index contributed by atoms with van der Waals surface area (Å²) in [5.41, 5.74) is 10.8. The standard InChI is InChI=1S/2C27H35FN4O2.C21H31N3O2.2C4H4O4/c2*1-31(2)17-23-25(33-18-20-6-7-20)11-9-22-24(30-34-27(22)23)10-8-19-12-14-32(15-13-19)16-21-4-3-5-26(28)29-21;1-24(2)13-18-20(25-14-16-3-4-16)8-6-17-19(23-26-21(17)18)7-5-15-9-11-22-12-10-15;2*5-3(6)1-2-4(7)8/h2*3-5,9,11,19-20H,6-8,10,12-18H2,1-2H3;6,8,15-16,22H,3-5,7,9-14H2,1-2H3;2*1-2H,(H,5,6)(H,7,8)/b;;;2*2-1+. The molecule has 6 aliphatic rings. The summed E-state index contributed by atoms with van der Waals surface area (Å²) in [4.78, 5) is 57.4. The molecule has 0 spiro atoms. The van der Waals surface area contributed by atoms with Crippen molar-refractivity contribution in [1.29, 1.82) is 0 Å². The van der Waals surface area contributed by atoms with Crippen LogP contribution in [0.4, 0.5) is 8.78 Å². The fourth-order valence-electron chi connectivity index (χ4n) is 14.0. The molecular weight excluding hydrogens is 1410 g/mol. The number of nitrogens with zero attached hydrogens (tertiary/aromatic N) is 10. The van der Waals surface area contributed by atoms with Crippen molar-refractivity contribution in [1.82, 2.24) is 55.3 Å². The maximum atomic E-state index is 13.4. The average molecular weight is 1520 g/mol. The molecule has 3 aromatic carbocycles. The molecule has 0 unspecified atom stereocenters. The van der Waals surface area contributed by atoms with Crippen LogP contribution in [0.2, 0.25) is 0 Å². The highest BCUT2D eigenvalue weighted by atomic mass is 19.1. The molecule has 3 aliphatic carbocycles. The number of piperidine rings is 3. The lowest BCUT2D eigenvalue weighted by Crippen LogP contribution is -2.33. The summed E-state index contributed by atoms with van der Waals surface area (Å²) in [6.07, 6.45) is 23.4. The van der Waals surface area contributed by atoms with Gasteiger partial charge < -0.3 is 68.2 Å². The number of aromatic nitrogens is 5. The Balaban J connectivity index is 0.000000160. The third-order valence-electron chi connectivity index (χ3n) is 20.6. The van der Waals surface area contributed by atoms with Crippen LogP contribution in [0.5, 0.6) is 17.2 Å². The minimum absolute atomic E-state index is 0.400. The average Bonchev–Trinajstić information content (AvgIpc) is 1.50. The van der Waals surface area contributed by atoms with Crippen LogP contribution in [-0.4, -0.2) is 196 Å². The highest BCUT2D eigenvalue weighted by molar-refractivity contribution is 5.90. The Bertz CT molecular complexity index is 4090. The number of hydrogen-bond acceptors (Lipinski definition) is 21. The second-order valence-electron chi connectivity index (χ2n) is 30.8. The van der Waals surface area contributed by atoms with E-state index < -0.39 is 35.8 Å². The number of carboxylic acids is 4. The first-order valence-corrected chi connectivity index (χ1v) is 38.7. The number of benzene rings is 3. The second kappa shape index (κ2) is 41.7. The number of likely N-dealkylation sites (tertiary alicyclic amines) is 2. The van der Waals surface area contributed by atoms with Crippen molar-refractivity contribution in [3.05, 3.63) is 154 Å². The van der Waals surface area contributed by atoms with E-state index >= 15 is 0 Å². The van der Waals surface area contributed by atoms with Gasteiger partial charge in [-0.1, -0.05) is 27.6 Å². The molecule has 3 saturated carbocycles. The van der Waals surface area contributed by atoms with Gasteiger partial charge in [0.15, 0.2) is 16.7 Å². The normalized spacial score (nSPS) is 16.7. The van der Waals surface area contributed by atoms with Crippen molar-refractivity contribution >= 4 is 56.8 Å². The summed E-state index contributed by atoms with van der Waals surface area (Å²) in [5.74, 6) is 1.31. The van der Waals surface area contributed by atoms with E-state index in [0.29, 0.717) is 48.0 Å². The highest BCUT2D eigenvalue weighted by Crippen LogP contribution is 2.39. The molecule has 3 aliphatic heterocycles. The Kier molecular flexibility index (Phi) is 31.5. The predicted octanol–water partition coefficient (Wildman–Crippen LogP) is 13.1. The van der Waals surface area contributed by atoms with Crippen molar-refractivity contribution in [3.8, 4) is 17.2 Å². The second-order valence-corrected chi connectivity index (χ2v) is 30.8. The van der Waals surface area contributed by atoms with Gasteiger partial charge in [-0.15, -0.1) is 0 Å². The van der Waals surface area contributed by atoms with E-state index in [1.807, 2.05) is 12.1 Å². The van der Waals surface area contributed by atoms with Gasteiger partial charge >= 0.3 is 23.9 Å². The van der Waals surface area contributed by atoms with Gasteiger partial charge in [0.25, 0.3) is 0 Å². The molecule has 14 rings (SSSR count).